The van der Waals surface area contributed by atoms with E-state index in [1.165, 1.54) is 6.20 Å². The molecular formula is C26H28ClN9O. The summed E-state index contributed by atoms with van der Waals surface area (Å²) < 4.78 is 1.73. The number of nitrogens with zero attached hydrogens (tertiary/aromatic N) is 7. The van der Waals surface area contributed by atoms with Crippen LogP contribution in [0.15, 0.2) is 54.7 Å². The summed E-state index contributed by atoms with van der Waals surface area (Å²) in [4.78, 5) is 30.3. The number of carbonyl (C=O) groups is 1. The molecule has 0 radical (unpaired) electrons. The maximum absolute atomic E-state index is 12.8. The fourth-order valence-corrected chi connectivity index (χ4v) is 4.16. The molecule has 10 nitrogen and oxygen atoms in total. The van der Waals surface area contributed by atoms with Crippen LogP contribution in [0, 0.1) is 6.92 Å². The molecule has 190 valence electrons. The van der Waals surface area contributed by atoms with E-state index in [9.17, 15) is 4.79 Å². The van der Waals surface area contributed by atoms with Crippen LogP contribution in [0.1, 0.15) is 16.2 Å². The molecule has 0 aliphatic carbocycles. The van der Waals surface area contributed by atoms with Crippen molar-refractivity contribution >= 4 is 40.6 Å². The molecule has 0 atom stereocenters. The Labute approximate surface area is 220 Å². The van der Waals surface area contributed by atoms with Crippen LogP contribution in [0.4, 0.5) is 23.1 Å². The number of hydrogen-bond donors (Lipinski definition) is 2. The second kappa shape index (κ2) is 10.5. The average molecular weight is 518 g/mol. The minimum absolute atomic E-state index is 0.0464. The summed E-state index contributed by atoms with van der Waals surface area (Å²) in [5.74, 6) is 2.28. The van der Waals surface area contributed by atoms with E-state index in [0.717, 1.165) is 48.9 Å². The van der Waals surface area contributed by atoms with E-state index < -0.39 is 0 Å². The quantitative estimate of drug-likeness (QED) is 0.394. The number of carbonyl (C=O) groups excluding carboxylic acids is 1. The Morgan fingerprint density at radius 3 is 2.38 bits per heavy atom. The fraction of sp³-hybridized carbons (Fsp3) is 0.269. The zero-order valence-electron chi connectivity index (χ0n) is 20.9. The monoisotopic (exact) mass is 517 g/mol. The highest BCUT2D eigenvalue weighted by Gasteiger charge is 2.20. The number of hydrogen-bond acceptors (Lipinski definition) is 8. The highest BCUT2D eigenvalue weighted by atomic mass is 35.5. The third-order valence-corrected chi connectivity index (χ3v) is 6.60. The van der Waals surface area contributed by atoms with Gasteiger partial charge in [0.05, 0.1) is 11.9 Å². The highest BCUT2D eigenvalue weighted by Crippen LogP contribution is 2.31. The van der Waals surface area contributed by atoms with E-state index in [2.05, 4.69) is 42.6 Å². The SMILES string of the molecule is Cc1nc(-c2ccccc2Nc2nc(Nc3ccc(C(=O)N4CCN(C)CC4)cc3)ncc2Cl)nn1C. The molecule has 2 N–H and O–H groups in total. The van der Waals surface area contributed by atoms with Gasteiger partial charge in [0, 0.05) is 50.0 Å². The zero-order valence-corrected chi connectivity index (χ0v) is 21.7. The van der Waals surface area contributed by atoms with E-state index in [0.29, 0.717) is 28.2 Å². The molecule has 0 spiro atoms. The van der Waals surface area contributed by atoms with Crippen molar-refractivity contribution in [2.45, 2.75) is 6.92 Å². The Kier molecular flexibility index (Phi) is 7.02. The van der Waals surface area contributed by atoms with Gasteiger partial charge in [0.1, 0.15) is 10.8 Å². The lowest BCUT2D eigenvalue weighted by atomic mass is 10.1. The summed E-state index contributed by atoms with van der Waals surface area (Å²) in [6, 6.07) is 15.0. The minimum Gasteiger partial charge on any atom is -0.338 e. The number of benzene rings is 2. The van der Waals surface area contributed by atoms with Crippen LogP contribution in [0.25, 0.3) is 11.4 Å². The first kappa shape index (κ1) is 24.7. The first-order valence-corrected chi connectivity index (χ1v) is 12.4. The number of aryl methyl sites for hydroxylation is 2. The van der Waals surface area contributed by atoms with E-state index >= 15 is 0 Å². The van der Waals surface area contributed by atoms with Gasteiger partial charge in [0.15, 0.2) is 11.6 Å². The van der Waals surface area contributed by atoms with Crippen molar-refractivity contribution < 1.29 is 4.79 Å². The first-order chi connectivity index (χ1) is 17.9. The van der Waals surface area contributed by atoms with Gasteiger partial charge in [-0.15, -0.1) is 0 Å². The second-order valence-corrected chi connectivity index (χ2v) is 9.37. The van der Waals surface area contributed by atoms with Gasteiger partial charge in [-0.2, -0.15) is 10.1 Å². The summed E-state index contributed by atoms with van der Waals surface area (Å²) in [6.07, 6.45) is 1.54. The van der Waals surface area contributed by atoms with Crippen molar-refractivity contribution in [3.8, 4) is 11.4 Å². The summed E-state index contributed by atoms with van der Waals surface area (Å²) in [5, 5.41) is 11.3. The number of piperazine rings is 1. The minimum atomic E-state index is 0.0464. The maximum atomic E-state index is 12.8. The molecule has 1 saturated heterocycles. The summed E-state index contributed by atoms with van der Waals surface area (Å²) in [7, 11) is 3.93. The van der Waals surface area contributed by atoms with E-state index in [1.54, 1.807) is 4.68 Å². The fourth-order valence-electron chi connectivity index (χ4n) is 4.02. The predicted octanol–water partition coefficient (Wildman–Crippen LogP) is 4.11. The number of aromatic nitrogens is 5. The van der Waals surface area contributed by atoms with Crippen LogP contribution in [0.3, 0.4) is 0 Å². The van der Waals surface area contributed by atoms with Crippen molar-refractivity contribution in [3.63, 3.8) is 0 Å². The van der Waals surface area contributed by atoms with Crippen LogP contribution >= 0.6 is 11.6 Å². The standard InChI is InChI=1S/C26H28ClN9O/c1-17-29-23(33-35(17)3)20-6-4-5-7-22(20)31-24-21(27)16-28-26(32-24)30-19-10-8-18(9-11-19)25(37)36-14-12-34(2)13-15-36/h4-11,16H,12-15H2,1-3H3,(H2,28,30,31,32). The van der Waals surface area contributed by atoms with Crippen LogP contribution in [-0.4, -0.2) is 73.7 Å². The molecular weight excluding hydrogens is 490 g/mol. The molecule has 1 fully saturated rings. The zero-order chi connectivity index (χ0) is 25.9. The summed E-state index contributed by atoms with van der Waals surface area (Å²) >= 11 is 6.42. The van der Waals surface area contributed by atoms with Gasteiger partial charge in [-0.1, -0.05) is 23.7 Å². The number of amides is 1. The van der Waals surface area contributed by atoms with Gasteiger partial charge >= 0.3 is 0 Å². The molecule has 37 heavy (non-hydrogen) atoms. The smallest absolute Gasteiger partial charge is 0.253 e. The Balaban J connectivity index is 1.31. The molecule has 3 heterocycles. The van der Waals surface area contributed by atoms with Crippen molar-refractivity contribution in [2.75, 3.05) is 43.9 Å². The normalized spacial score (nSPS) is 14.0. The van der Waals surface area contributed by atoms with Crippen LogP contribution in [0.2, 0.25) is 5.02 Å². The van der Waals surface area contributed by atoms with Gasteiger partial charge in [-0.3, -0.25) is 9.48 Å². The number of likely N-dealkylation sites (N-methyl/N-ethyl adjacent to an activating group) is 1. The van der Waals surface area contributed by atoms with E-state index in [-0.39, 0.29) is 5.91 Å². The lowest BCUT2D eigenvalue weighted by Crippen LogP contribution is -2.47. The van der Waals surface area contributed by atoms with Crippen molar-refractivity contribution in [1.82, 2.24) is 34.5 Å². The predicted molar refractivity (Wildman–Crippen MR) is 145 cm³/mol. The van der Waals surface area contributed by atoms with Crippen molar-refractivity contribution in [3.05, 3.63) is 71.1 Å². The molecule has 0 saturated carbocycles. The largest absolute Gasteiger partial charge is 0.338 e. The lowest BCUT2D eigenvalue weighted by Gasteiger charge is -2.32. The van der Waals surface area contributed by atoms with Gasteiger partial charge in [0.2, 0.25) is 5.95 Å². The molecule has 0 unspecified atom stereocenters. The molecule has 1 amide bonds. The third kappa shape index (κ3) is 5.55. The number of rotatable bonds is 6. The molecule has 1 aliphatic rings. The van der Waals surface area contributed by atoms with Crippen LogP contribution in [-0.2, 0) is 7.05 Å². The Morgan fingerprint density at radius 1 is 0.946 bits per heavy atom. The van der Waals surface area contributed by atoms with Gasteiger partial charge in [-0.25, -0.2) is 9.97 Å². The number of halogens is 1. The van der Waals surface area contributed by atoms with E-state index in [1.807, 2.05) is 67.4 Å². The average Bonchev–Trinajstić information content (AvgIpc) is 3.24. The molecule has 4 aromatic rings. The Morgan fingerprint density at radius 2 is 1.68 bits per heavy atom. The van der Waals surface area contributed by atoms with Crippen molar-refractivity contribution in [1.29, 1.82) is 0 Å². The van der Waals surface area contributed by atoms with Crippen LogP contribution in [0.5, 0.6) is 0 Å². The van der Waals surface area contributed by atoms with Gasteiger partial charge in [0.25, 0.3) is 5.91 Å². The number of nitrogens with one attached hydrogen (secondary N) is 2. The highest BCUT2D eigenvalue weighted by molar-refractivity contribution is 6.33. The van der Waals surface area contributed by atoms with E-state index in [4.69, 9.17) is 11.6 Å². The third-order valence-electron chi connectivity index (χ3n) is 6.32. The van der Waals surface area contributed by atoms with Crippen molar-refractivity contribution in [2.24, 2.45) is 7.05 Å². The molecule has 0 bridgehead atoms. The summed E-state index contributed by atoms with van der Waals surface area (Å²) in [6.45, 7) is 5.16. The van der Waals surface area contributed by atoms with Crippen LogP contribution < -0.4 is 10.6 Å². The van der Waals surface area contributed by atoms with Gasteiger partial charge in [-0.05, 0) is 50.4 Å². The Bertz CT molecular complexity index is 1390. The van der Waals surface area contributed by atoms with Gasteiger partial charge < -0.3 is 20.4 Å². The maximum Gasteiger partial charge on any atom is 0.253 e. The summed E-state index contributed by atoms with van der Waals surface area (Å²) in [5.41, 5.74) is 3.02. The molecule has 5 rings (SSSR count). The molecule has 2 aromatic heterocycles. The molecule has 1 aliphatic heterocycles. The number of anilines is 4. The molecule has 2 aromatic carbocycles. The topological polar surface area (TPSA) is 104 Å². The Hall–Kier alpha value is -4.02. The second-order valence-electron chi connectivity index (χ2n) is 8.96. The molecule has 11 heteroatoms. The number of para-hydroxylation sites is 1. The first-order valence-electron chi connectivity index (χ1n) is 12.0. The lowest BCUT2D eigenvalue weighted by molar-refractivity contribution is 0.0664.